The van der Waals surface area contributed by atoms with Crippen LogP contribution in [0.3, 0.4) is 0 Å². The van der Waals surface area contributed by atoms with Gasteiger partial charge in [0, 0.05) is 0 Å². The minimum absolute atomic E-state index is 0.0113. The van der Waals surface area contributed by atoms with Gasteiger partial charge in [0.25, 0.3) is 10.1 Å². The van der Waals surface area contributed by atoms with Crippen molar-refractivity contribution in [3.05, 3.63) is 48.0 Å². The second-order valence-corrected chi connectivity index (χ2v) is 8.76. The molecule has 160 valence electrons. The lowest BCUT2D eigenvalue weighted by Crippen LogP contribution is -2.01. The molecule has 29 heavy (non-hydrogen) atoms. The van der Waals surface area contributed by atoms with Crippen LogP contribution in [0.2, 0.25) is 0 Å². The van der Waals surface area contributed by atoms with Gasteiger partial charge >= 0.3 is 0 Å². The molecule has 2 rings (SSSR count). The van der Waals surface area contributed by atoms with Crippen molar-refractivity contribution < 1.29 is 22.8 Å². The molecule has 0 saturated heterocycles. The summed E-state index contributed by atoms with van der Waals surface area (Å²) in [6, 6.07) is 11.0. The van der Waals surface area contributed by atoms with Gasteiger partial charge in [0.1, 0.15) is 10.6 Å². The molecule has 0 unspecified atom stereocenters. The van der Waals surface area contributed by atoms with E-state index in [2.05, 4.69) is 6.92 Å². The van der Waals surface area contributed by atoms with E-state index in [1.165, 1.54) is 63.1 Å². The van der Waals surface area contributed by atoms with Crippen LogP contribution in [0.25, 0.3) is 0 Å². The fraction of sp³-hybridized carbons (Fsp3) is 0.478. The Morgan fingerprint density at radius 3 is 2.03 bits per heavy atom. The van der Waals surface area contributed by atoms with Gasteiger partial charge in [0.2, 0.25) is 0 Å². The third-order valence-electron chi connectivity index (χ3n) is 4.98. The number of unbranched alkanes of at least 4 members (excludes halogenated alkanes) is 8. The van der Waals surface area contributed by atoms with E-state index in [1.807, 2.05) is 6.07 Å². The molecule has 0 radical (unpaired) electrons. The largest absolute Gasteiger partial charge is 0.504 e. The van der Waals surface area contributed by atoms with Gasteiger partial charge in [-0.05, 0) is 36.6 Å². The van der Waals surface area contributed by atoms with Crippen molar-refractivity contribution in [1.82, 2.24) is 0 Å². The standard InChI is InChI=1S/C23H32O5S/c1-2-3-4-5-6-7-8-9-10-14-19-15-13-17-21(23(19)24)28-20-16-11-12-18-22(20)29(25,26)27/h11-13,15-18,24H,2-10,14H2,1H3,(H,25,26,27). The van der Waals surface area contributed by atoms with E-state index >= 15 is 0 Å². The number of aromatic hydroxyl groups is 1. The smallest absolute Gasteiger partial charge is 0.298 e. The molecule has 2 N–H and O–H groups in total. The Kier molecular flexibility index (Phi) is 9.48. The van der Waals surface area contributed by atoms with Gasteiger partial charge in [-0.1, -0.05) is 82.6 Å². The maximum Gasteiger partial charge on any atom is 0.298 e. The number of aryl methyl sites for hydroxylation is 1. The topological polar surface area (TPSA) is 83.8 Å². The van der Waals surface area contributed by atoms with Crippen molar-refractivity contribution >= 4 is 10.1 Å². The summed E-state index contributed by atoms with van der Waals surface area (Å²) >= 11 is 0. The van der Waals surface area contributed by atoms with Gasteiger partial charge in [0.05, 0.1) is 0 Å². The van der Waals surface area contributed by atoms with Crippen LogP contribution in [0.15, 0.2) is 47.4 Å². The normalized spacial score (nSPS) is 11.5. The minimum Gasteiger partial charge on any atom is -0.504 e. The molecular weight excluding hydrogens is 388 g/mol. The van der Waals surface area contributed by atoms with E-state index in [4.69, 9.17) is 4.74 Å². The number of phenolic OH excluding ortho intramolecular Hbond substituents is 1. The summed E-state index contributed by atoms with van der Waals surface area (Å²) in [4.78, 5) is -0.330. The second-order valence-electron chi connectivity index (χ2n) is 7.37. The number of benzene rings is 2. The summed E-state index contributed by atoms with van der Waals surface area (Å²) in [6.07, 6.45) is 11.8. The molecule has 2 aromatic carbocycles. The zero-order chi connectivity index (χ0) is 21.1. The van der Waals surface area contributed by atoms with Crippen LogP contribution in [-0.2, 0) is 16.5 Å². The van der Waals surface area contributed by atoms with Crippen molar-refractivity contribution in [3.63, 3.8) is 0 Å². The van der Waals surface area contributed by atoms with Crippen molar-refractivity contribution in [1.29, 1.82) is 0 Å². The lowest BCUT2D eigenvalue weighted by Gasteiger charge is -2.13. The zero-order valence-electron chi connectivity index (χ0n) is 17.1. The highest BCUT2D eigenvalue weighted by Crippen LogP contribution is 2.36. The first-order chi connectivity index (χ1) is 13.9. The Hall–Kier alpha value is -2.05. The minimum atomic E-state index is -4.41. The monoisotopic (exact) mass is 420 g/mol. The van der Waals surface area contributed by atoms with Crippen molar-refractivity contribution in [2.24, 2.45) is 0 Å². The van der Waals surface area contributed by atoms with Crippen LogP contribution in [0.4, 0.5) is 0 Å². The Morgan fingerprint density at radius 1 is 0.793 bits per heavy atom. The summed E-state index contributed by atoms with van der Waals surface area (Å²) < 4.78 is 38.0. The molecular formula is C23H32O5S. The molecule has 2 aromatic rings. The van der Waals surface area contributed by atoms with Crippen molar-refractivity contribution in [2.75, 3.05) is 0 Å². The SMILES string of the molecule is CCCCCCCCCCCc1cccc(Oc2ccccc2S(=O)(=O)O)c1O. The molecule has 6 heteroatoms. The summed E-state index contributed by atoms with van der Waals surface area (Å²) in [5.41, 5.74) is 0.773. The number of phenols is 1. The molecule has 0 aliphatic carbocycles. The van der Waals surface area contributed by atoms with E-state index < -0.39 is 10.1 Å². The molecule has 0 heterocycles. The molecule has 0 fully saturated rings. The number of hydrogen-bond acceptors (Lipinski definition) is 4. The predicted octanol–water partition coefficient (Wildman–Crippen LogP) is 6.50. The number of hydrogen-bond donors (Lipinski definition) is 2. The summed E-state index contributed by atoms with van der Waals surface area (Å²) in [7, 11) is -4.41. The Bertz CT molecular complexity index is 861. The molecule has 0 atom stereocenters. The van der Waals surface area contributed by atoms with Crippen LogP contribution >= 0.6 is 0 Å². The molecule has 0 bridgehead atoms. The third kappa shape index (κ3) is 7.71. The maximum absolute atomic E-state index is 11.5. The predicted molar refractivity (Wildman–Crippen MR) is 115 cm³/mol. The van der Waals surface area contributed by atoms with Crippen LogP contribution < -0.4 is 4.74 Å². The van der Waals surface area contributed by atoms with Crippen LogP contribution in [0, 0.1) is 0 Å². The zero-order valence-corrected chi connectivity index (χ0v) is 18.0. The average molecular weight is 421 g/mol. The van der Waals surface area contributed by atoms with E-state index in [0.29, 0.717) is 0 Å². The summed E-state index contributed by atoms with van der Waals surface area (Å²) in [6.45, 7) is 2.22. The highest BCUT2D eigenvalue weighted by atomic mass is 32.2. The lowest BCUT2D eigenvalue weighted by atomic mass is 10.0. The van der Waals surface area contributed by atoms with E-state index in [0.717, 1.165) is 24.8 Å². The van der Waals surface area contributed by atoms with Crippen molar-refractivity contribution in [3.8, 4) is 17.2 Å². The Labute approximate surface area is 174 Å². The summed E-state index contributed by atoms with van der Waals surface area (Å²) in [5.74, 6) is 0.164. The summed E-state index contributed by atoms with van der Waals surface area (Å²) in [5, 5.41) is 10.5. The van der Waals surface area contributed by atoms with Gasteiger partial charge in [-0.25, -0.2) is 0 Å². The fourth-order valence-electron chi connectivity index (χ4n) is 3.34. The first-order valence-corrected chi connectivity index (χ1v) is 11.9. The molecule has 0 amide bonds. The first-order valence-electron chi connectivity index (χ1n) is 10.5. The van der Waals surface area contributed by atoms with E-state index in [1.54, 1.807) is 18.2 Å². The first kappa shape index (κ1) is 23.2. The molecule has 0 aliphatic heterocycles. The molecule has 0 saturated carbocycles. The highest BCUT2D eigenvalue weighted by molar-refractivity contribution is 7.86. The molecule has 0 aliphatic rings. The van der Waals surface area contributed by atoms with Crippen molar-refractivity contribution in [2.45, 2.75) is 76.0 Å². The van der Waals surface area contributed by atoms with E-state index in [-0.39, 0.29) is 22.1 Å². The van der Waals surface area contributed by atoms with Crippen LogP contribution in [0.1, 0.15) is 70.3 Å². The van der Waals surface area contributed by atoms with Gasteiger partial charge in [-0.3, -0.25) is 4.55 Å². The molecule has 0 aromatic heterocycles. The second kappa shape index (κ2) is 11.8. The Balaban J connectivity index is 1.89. The van der Waals surface area contributed by atoms with Gasteiger partial charge in [-0.15, -0.1) is 0 Å². The maximum atomic E-state index is 11.5. The van der Waals surface area contributed by atoms with Crippen LogP contribution in [0.5, 0.6) is 17.2 Å². The van der Waals surface area contributed by atoms with E-state index in [9.17, 15) is 18.1 Å². The number of ether oxygens (including phenoxy) is 1. The number of rotatable bonds is 13. The van der Waals surface area contributed by atoms with Gasteiger partial charge in [0.15, 0.2) is 11.5 Å². The fourth-order valence-corrected chi connectivity index (χ4v) is 3.96. The lowest BCUT2D eigenvalue weighted by molar-refractivity contribution is 0.397. The Morgan fingerprint density at radius 2 is 1.38 bits per heavy atom. The average Bonchev–Trinajstić information content (AvgIpc) is 2.69. The molecule has 5 nitrogen and oxygen atoms in total. The quantitative estimate of drug-likeness (QED) is 0.285. The molecule has 0 spiro atoms. The highest BCUT2D eigenvalue weighted by Gasteiger charge is 2.18. The third-order valence-corrected chi connectivity index (χ3v) is 5.87. The number of para-hydroxylation sites is 2. The van der Waals surface area contributed by atoms with Gasteiger partial charge in [-0.2, -0.15) is 8.42 Å². The van der Waals surface area contributed by atoms with Crippen LogP contribution in [-0.4, -0.2) is 18.1 Å². The van der Waals surface area contributed by atoms with Gasteiger partial charge < -0.3 is 9.84 Å².